The van der Waals surface area contributed by atoms with E-state index in [-0.39, 0.29) is 16.8 Å². The minimum Gasteiger partial charge on any atom is -0.406 e. The maximum absolute atomic E-state index is 13.3. The van der Waals surface area contributed by atoms with Gasteiger partial charge in [0.15, 0.2) is 5.65 Å². The van der Waals surface area contributed by atoms with Crippen LogP contribution in [0.25, 0.3) is 16.7 Å². The lowest BCUT2D eigenvalue weighted by Crippen LogP contribution is -2.29. The third-order valence-corrected chi connectivity index (χ3v) is 5.12. The molecule has 0 saturated heterocycles. The molecule has 1 aliphatic heterocycles. The molecule has 11 heteroatoms. The van der Waals surface area contributed by atoms with Gasteiger partial charge in [-0.25, -0.2) is 19.0 Å². The lowest BCUT2D eigenvalue weighted by Gasteiger charge is -2.15. The first kappa shape index (κ1) is 20.6. The Morgan fingerprint density at radius 2 is 1.55 bits per heavy atom. The number of halogens is 4. The van der Waals surface area contributed by atoms with E-state index in [0.717, 1.165) is 17.0 Å². The highest BCUT2D eigenvalue weighted by Gasteiger charge is 2.40. The zero-order chi connectivity index (χ0) is 23.5. The van der Waals surface area contributed by atoms with Gasteiger partial charge in [-0.05, 0) is 55.5 Å². The Bertz CT molecular complexity index is 1430. The van der Waals surface area contributed by atoms with Gasteiger partial charge in [0.2, 0.25) is 0 Å². The van der Waals surface area contributed by atoms with E-state index in [1.165, 1.54) is 47.3 Å². The maximum atomic E-state index is 13.3. The Morgan fingerprint density at radius 1 is 0.909 bits per heavy atom. The Balaban J connectivity index is 1.58. The summed E-state index contributed by atoms with van der Waals surface area (Å²) < 4.78 is 55.8. The number of aryl methyl sites for hydroxylation is 1. The fourth-order valence-corrected chi connectivity index (χ4v) is 3.75. The highest BCUT2D eigenvalue weighted by molar-refractivity contribution is 6.37. The number of nitrogens with zero attached hydrogens (tertiary/aromatic N) is 4. The molecule has 4 aromatic rings. The van der Waals surface area contributed by atoms with Crippen LogP contribution >= 0.6 is 0 Å². The highest BCUT2D eigenvalue weighted by Crippen LogP contribution is 2.35. The molecule has 1 aliphatic rings. The molecule has 0 aliphatic carbocycles. The van der Waals surface area contributed by atoms with Crippen LogP contribution in [0.3, 0.4) is 0 Å². The first-order chi connectivity index (χ1) is 15.6. The van der Waals surface area contributed by atoms with Crippen molar-refractivity contribution in [1.29, 1.82) is 0 Å². The molecule has 7 nitrogen and oxygen atoms in total. The summed E-state index contributed by atoms with van der Waals surface area (Å²) >= 11 is 0. The number of imide groups is 1. The van der Waals surface area contributed by atoms with Crippen LogP contribution in [0.2, 0.25) is 0 Å². The highest BCUT2D eigenvalue weighted by atomic mass is 19.4. The van der Waals surface area contributed by atoms with Crippen LogP contribution in [-0.2, 0) is 0 Å². The third kappa shape index (κ3) is 3.37. The van der Waals surface area contributed by atoms with E-state index in [2.05, 4.69) is 14.8 Å². The number of aromatic nitrogens is 3. The number of alkyl halides is 3. The largest absolute Gasteiger partial charge is 0.573 e. The summed E-state index contributed by atoms with van der Waals surface area (Å²) in [6.45, 7) is 1.65. The number of hydrogen-bond acceptors (Lipinski definition) is 5. The van der Waals surface area contributed by atoms with Crippen LogP contribution in [0.1, 0.15) is 26.4 Å². The number of amides is 2. The standard InChI is InChI=1S/C22H12F4N4O3/c1-11-17-18-16(10-27-19(17)30(28-11)14-4-2-12(23)3-5-14)20(31)29(21(18)32)13-6-8-15(9-7-13)33-22(24,25)26/h2-10H,1H3. The second kappa shape index (κ2) is 7.12. The second-order valence-corrected chi connectivity index (χ2v) is 7.21. The SMILES string of the molecule is Cc1nn(-c2ccc(F)cc2)c2ncc3c(c12)C(=O)N(c1ccc(OC(F)(F)F)cc1)C3=O. The fourth-order valence-electron chi connectivity index (χ4n) is 3.75. The summed E-state index contributed by atoms with van der Waals surface area (Å²) in [6, 6.07) is 9.91. The lowest BCUT2D eigenvalue weighted by molar-refractivity contribution is -0.274. The number of carbonyl (C=O) groups excluding carboxylic acids is 2. The number of benzene rings is 2. The molecule has 0 atom stereocenters. The van der Waals surface area contributed by atoms with Crippen molar-refractivity contribution in [2.24, 2.45) is 0 Å². The topological polar surface area (TPSA) is 77.3 Å². The number of ether oxygens (including phenoxy) is 1. The van der Waals surface area contributed by atoms with E-state index in [1.807, 2.05) is 0 Å². The summed E-state index contributed by atoms with van der Waals surface area (Å²) in [6.07, 6.45) is -3.61. The van der Waals surface area contributed by atoms with Crippen molar-refractivity contribution in [2.45, 2.75) is 13.3 Å². The number of carbonyl (C=O) groups is 2. The molecule has 0 spiro atoms. The molecule has 2 aromatic carbocycles. The summed E-state index contributed by atoms with van der Waals surface area (Å²) in [5, 5.41) is 4.75. The van der Waals surface area contributed by atoms with Crippen molar-refractivity contribution < 1.29 is 31.9 Å². The number of fused-ring (bicyclic) bond motifs is 3. The summed E-state index contributed by atoms with van der Waals surface area (Å²) in [4.78, 5) is 31.4. The predicted octanol–water partition coefficient (Wildman–Crippen LogP) is 4.57. The average molecular weight is 456 g/mol. The molecule has 0 unspecified atom stereocenters. The molecule has 2 amide bonds. The first-order valence-electron chi connectivity index (χ1n) is 9.53. The van der Waals surface area contributed by atoms with Gasteiger partial charge < -0.3 is 4.74 Å². The number of anilines is 1. The van der Waals surface area contributed by atoms with Crippen LogP contribution < -0.4 is 9.64 Å². The molecule has 0 N–H and O–H groups in total. The molecule has 3 heterocycles. The molecule has 5 rings (SSSR count). The van der Waals surface area contributed by atoms with Gasteiger partial charge in [0.1, 0.15) is 11.6 Å². The monoisotopic (exact) mass is 456 g/mol. The van der Waals surface area contributed by atoms with Crippen molar-refractivity contribution in [2.75, 3.05) is 4.90 Å². The average Bonchev–Trinajstić information content (AvgIpc) is 3.22. The zero-order valence-corrected chi connectivity index (χ0v) is 16.7. The van der Waals surface area contributed by atoms with E-state index in [4.69, 9.17) is 0 Å². The van der Waals surface area contributed by atoms with E-state index in [1.54, 1.807) is 6.92 Å². The maximum Gasteiger partial charge on any atom is 0.573 e. The summed E-state index contributed by atoms with van der Waals surface area (Å²) in [5.41, 5.74) is 1.45. The zero-order valence-electron chi connectivity index (χ0n) is 16.7. The van der Waals surface area contributed by atoms with Gasteiger partial charge in [0.25, 0.3) is 11.8 Å². The molecule has 0 bridgehead atoms. The van der Waals surface area contributed by atoms with Crippen LogP contribution in [0, 0.1) is 12.7 Å². The number of hydrogen-bond donors (Lipinski definition) is 0. The summed E-state index contributed by atoms with van der Waals surface area (Å²) in [7, 11) is 0. The fraction of sp³-hybridized carbons (Fsp3) is 0.0909. The number of rotatable bonds is 3. The quantitative estimate of drug-likeness (QED) is 0.334. The summed E-state index contributed by atoms with van der Waals surface area (Å²) in [5.74, 6) is -2.23. The minimum atomic E-state index is -4.86. The normalized spacial score (nSPS) is 13.7. The predicted molar refractivity (Wildman–Crippen MR) is 108 cm³/mol. The van der Waals surface area contributed by atoms with E-state index < -0.39 is 29.7 Å². The smallest absolute Gasteiger partial charge is 0.406 e. The van der Waals surface area contributed by atoms with Gasteiger partial charge in [-0.3, -0.25) is 9.59 Å². The van der Waals surface area contributed by atoms with Crippen molar-refractivity contribution in [3.8, 4) is 11.4 Å². The second-order valence-electron chi connectivity index (χ2n) is 7.21. The van der Waals surface area contributed by atoms with Crippen molar-refractivity contribution in [1.82, 2.24) is 14.8 Å². The molecular weight excluding hydrogens is 444 g/mol. The van der Waals surface area contributed by atoms with Gasteiger partial charge in [0.05, 0.1) is 33.6 Å². The van der Waals surface area contributed by atoms with Gasteiger partial charge in [0, 0.05) is 6.20 Å². The lowest BCUT2D eigenvalue weighted by atomic mass is 10.1. The molecule has 0 radical (unpaired) electrons. The van der Waals surface area contributed by atoms with Gasteiger partial charge in [-0.15, -0.1) is 13.2 Å². The third-order valence-electron chi connectivity index (χ3n) is 5.12. The van der Waals surface area contributed by atoms with Gasteiger partial charge >= 0.3 is 6.36 Å². The van der Waals surface area contributed by atoms with Gasteiger partial charge in [-0.2, -0.15) is 5.10 Å². The van der Waals surface area contributed by atoms with Crippen LogP contribution in [0.15, 0.2) is 54.7 Å². The Labute approximate surface area is 182 Å². The van der Waals surface area contributed by atoms with Crippen molar-refractivity contribution in [3.05, 3.63) is 77.4 Å². The van der Waals surface area contributed by atoms with Crippen LogP contribution in [0.4, 0.5) is 23.2 Å². The Morgan fingerprint density at radius 3 is 2.18 bits per heavy atom. The Hall–Kier alpha value is -4.28. The van der Waals surface area contributed by atoms with Gasteiger partial charge in [-0.1, -0.05) is 0 Å². The molecule has 0 fully saturated rings. The van der Waals surface area contributed by atoms with Crippen molar-refractivity contribution >= 4 is 28.5 Å². The van der Waals surface area contributed by atoms with Crippen molar-refractivity contribution in [3.63, 3.8) is 0 Å². The van der Waals surface area contributed by atoms with Crippen LogP contribution in [0.5, 0.6) is 5.75 Å². The van der Waals surface area contributed by atoms with E-state index >= 15 is 0 Å². The minimum absolute atomic E-state index is 0.0462. The molecule has 0 saturated carbocycles. The number of pyridine rings is 1. The molecule has 166 valence electrons. The van der Waals surface area contributed by atoms with E-state index in [0.29, 0.717) is 22.4 Å². The molecule has 2 aromatic heterocycles. The molecular formula is C22H12F4N4O3. The van der Waals surface area contributed by atoms with E-state index in [9.17, 15) is 27.2 Å². The first-order valence-corrected chi connectivity index (χ1v) is 9.53. The Kier molecular flexibility index (Phi) is 4.45. The molecule has 33 heavy (non-hydrogen) atoms. The van der Waals surface area contributed by atoms with Crippen LogP contribution in [-0.4, -0.2) is 32.9 Å².